The van der Waals surface area contributed by atoms with Crippen LogP contribution >= 0.6 is 11.6 Å². The molecule has 2 aromatic rings. The van der Waals surface area contributed by atoms with Gasteiger partial charge in [-0.05, 0) is 36.8 Å². The van der Waals surface area contributed by atoms with Crippen LogP contribution < -0.4 is 14.4 Å². The Kier molecular flexibility index (Phi) is 4.87. The number of benzene rings is 2. The molecule has 25 heavy (non-hydrogen) atoms. The molecule has 1 heterocycles. The van der Waals surface area contributed by atoms with Gasteiger partial charge in [-0.3, -0.25) is 9.10 Å². The van der Waals surface area contributed by atoms with Crippen molar-refractivity contribution in [2.45, 2.75) is 6.42 Å². The molecule has 3 rings (SSSR count). The van der Waals surface area contributed by atoms with E-state index in [0.717, 1.165) is 0 Å². The van der Waals surface area contributed by atoms with E-state index in [-0.39, 0.29) is 5.75 Å². The van der Waals surface area contributed by atoms with Gasteiger partial charge in [0.1, 0.15) is 5.75 Å². The van der Waals surface area contributed by atoms with Crippen LogP contribution in [0.15, 0.2) is 42.5 Å². The second-order valence-corrected chi connectivity index (χ2v) is 7.98. The van der Waals surface area contributed by atoms with Crippen LogP contribution in [-0.4, -0.2) is 33.7 Å². The molecule has 1 aliphatic rings. The summed E-state index contributed by atoms with van der Waals surface area (Å²) in [7, 11) is -1.83. The Bertz CT molecular complexity index is 915. The van der Waals surface area contributed by atoms with E-state index in [4.69, 9.17) is 16.3 Å². The van der Waals surface area contributed by atoms with Gasteiger partial charge >= 0.3 is 0 Å². The quantitative estimate of drug-likeness (QED) is 0.884. The zero-order chi connectivity index (χ0) is 18.0. The molecule has 8 heteroatoms. The van der Waals surface area contributed by atoms with Crippen molar-refractivity contribution in [2.75, 3.05) is 29.0 Å². The lowest BCUT2D eigenvalue weighted by Crippen LogP contribution is -2.25. The number of hydrogen-bond donors (Lipinski definition) is 1. The van der Waals surface area contributed by atoms with Crippen LogP contribution in [0.3, 0.4) is 0 Å². The molecule has 0 unspecified atom stereocenters. The lowest BCUT2D eigenvalue weighted by Gasteiger charge is -2.19. The van der Waals surface area contributed by atoms with E-state index in [9.17, 15) is 13.2 Å². The van der Waals surface area contributed by atoms with Gasteiger partial charge in [0, 0.05) is 6.54 Å². The summed E-state index contributed by atoms with van der Waals surface area (Å²) < 4.78 is 30.8. The number of nitrogens with zero attached hydrogens (tertiary/aromatic N) is 1. The minimum atomic E-state index is -3.31. The van der Waals surface area contributed by atoms with E-state index >= 15 is 0 Å². The summed E-state index contributed by atoms with van der Waals surface area (Å²) in [6, 6.07) is 11.6. The van der Waals surface area contributed by atoms with Crippen molar-refractivity contribution in [2.24, 2.45) is 0 Å². The van der Waals surface area contributed by atoms with Crippen LogP contribution in [0.4, 0.5) is 11.4 Å². The number of methoxy groups -OCH3 is 1. The third-order valence-electron chi connectivity index (χ3n) is 3.94. The van der Waals surface area contributed by atoms with E-state index in [0.29, 0.717) is 40.7 Å². The summed E-state index contributed by atoms with van der Waals surface area (Å²) in [6.07, 6.45) is 0.579. The van der Waals surface area contributed by atoms with Crippen LogP contribution in [-0.2, 0) is 10.0 Å². The molecule has 0 radical (unpaired) electrons. The molecule has 1 N–H and O–H groups in total. The van der Waals surface area contributed by atoms with Gasteiger partial charge in [-0.25, -0.2) is 8.42 Å². The summed E-state index contributed by atoms with van der Waals surface area (Å²) in [6.45, 7) is 0.423. The minimum Gasteiger partial charge on any atom is -0.495 e. The fourth-order valence-corrected chi connectivity index (χ4v) is 4.49. The third kappa shape index (κ3) is 3.57. The molecule has 0 aromatic heterocycles. The summed E-state index contributed by atoms with van der Waals surface area (Å²) in [4.78, 5) is 12.5. The molecule has 1 saturated heterocycles. The largest absolute Gasteiger partial charge is 0.495 e. The standard InChI is InChI=1S/C17H17ClN2O4S/c1-24-16-8-7-12(20-9-4-10-25(20,22)23)11-15(16)19-17(21)13-5-2-3-6-14(13)18/h2-3,5-8,11H,4,9-10H2,1H3,(H,19,21). The number of hydrogen-bond acceptors (Lipinski definition) is 4. The molecule has 132 valence electrons. The number of carbonyl (C=O) groups excluding carboxylic acids is 1. The average molecular weight is 381 g/mol. The fraction of sp³-hybridized carbons (Fsp3) is 0.235. The Balaban J connectivity index is 1.94. The van der Waals surface area contributed by atoms with Crippen LogP contribution in [0.25, 0.3) is 0 Å². The van der Waals surface area contributed by atoms with E-state index in [2.05, 4.69) is 5.32 Å². The van der Waals surface area contributed by atoms with Gasteiger partial charge < -0.3 is 10.1 Å². The molecule has 0 aliphatic carbocycles. The minimum absolute atomic E-state index is 0.125. The SMILES string of the molecule is COc1ccc(N2CCCS2(=O)=O)cc1NC(=O)c1ccccc1Cl. The van der Waals surface area contributed by atoms with E-state index in [1.54, 1.807) is 42.5 Å². The molecular formula is C17H17ClN2O4S. The first-order valence-electron chi connectivity index (χ1n) is 7.67. The Morgan fingerprint density at radius 2 is 2.00 bits per heavy atom. The summed E-state index contributed by atoms with van der Waals surface area (Å²) >= 11 is 6.05. The smallest absolute Gasteiger partial charge is 0.257 e. The highest BCUT2D eigenvalue weighted by molar-refractivity contribution is 7.93. The van der Waals surface area contributed by atoms with Crippen LogP contribution in [0.2, 0.25) is 5.02 Å². The second kappa shape index (κ2) is 6.93. The maximum atomic E-state index is 12.5. The molecule has 1 aliphatic heterocycles. The number of rotatable bonds is 4. The highest BCUT2D eigenvalue weighted by Gasteiger charge is 2.29. The Hall–Kier alpha value is -2.25. The molecule has 6 nitrogen and oxygen atoms in total. The van der Waals surface area contributed by atoms with Gasteiger partial charge in [0.15, 0.2) is 0 Å². The average Bonchev–Trinajstić information content (AvgIpc) is 2.94. The van der Waals surface area contributed by atoms with Gasteiger partial charge in [0.2, 0.25) is 10.0 Å². The molecule has 2 aromatic carbocycles. The van der Waals surface area contributed by atoms with Crippen molar-refractivity contribution in [1.29, 1.82) is 0 Å². The highest BCUT2D eigenvalue weighted by Crippen LogP contribution is 2.33. The Morgan fingerprint density at radius 1 is 1.24 bits per heavy atom. The predicted molar refractivity (Wildman–Crippen MR) is 98.1 cm³/mol. The monoisotopic (exact) mass is 380 g/mol. The van der Waals surface area contributed by atoms with E-state index < -0.39 is 15.9 Å². The molecule has 0 spiro atoms. The molecule has 0 bridgehead atoms. The normalized spacial score (nSPS) is 15.8. The maximum absolute atomic E-state index is 12.5. The number of halogens is 1. The number of nitrogens with one attached hydrogen (secondary N) is 1. The Labute approximate surface area is 151 Å². The van der Waals surface area contributed by atoms with Gasteiger partial charge in [-0.2, -0.15) is 0 Å². The number of carbonyl (C=O) groups is 1. The third-order valence-corrected chi connectivity index (χ3v) is 6.14. The predicted octanol–water partition coefficient (Wildman–Crippen LogP) is 3.14. The summed E-state index contributed by atoms with van der Waals surface area (Å²) in [5, 5.41) is 3.07. The van der Waals surface area contributed by atoms with E-state index in [1.165, 1.54) is 11.4 Å². The van der Waals surface area contributed by atoms with Crippen molar-refractivity contribution in [3.63, 3.8) is 0 Å². The molecule has 1 amide bonds. The molecule has 0 saturated carbocycles. The first kappa shape index (κ1) is 17.6. The first-order valence-corrected chi connectivity index (χ1v) is 9.65. The molecule has 0 atom stereocenters. The summed E-state index contributed by atoms with van der Waals surface area (Å²) in [5.74, 6) is 0.159. The van der Waals surface area contributed by atoms with Crippen LogP contribution in [0, 0.1) is 0 Å². The number of ether oxygens (including phenoxy) is 1. The number of amides is 1. The second-order valence-electron chi connectivity index (χ2n) is 5.56. The van der Waals surface area contributed by atoms with Gasteiger partial charge in [-0.1, -0.05) is 23.7 Å². The molecule has 1 fully saturated rings. The van der Waals surface area contributed by atoms with Crippen LogP contribution in [0.5, 0.6) is 5.75 Å². The lowest BCUT2D eigenvalue weighted by atomic mass is 10.2. The number of anilines is 2. The van der Waals surface area contributed by atoms with E-state index in [1.807, 2.05) is 0 Å². The van der Waals surface area contributed by atoms with Crippen molar-refractivity contribution in [1.82, 2.24) is 0 Å². The van der Waals surface area contributed by atoms with Crippen LogP contribution in [0.1, 0.15) is 16.8 Å². The van der Waals surface area contributed by atoms with Gasteiger partial charge in [0.05, 0.1) is 34.8 Å². The van der Waals surface area contributed by atoms with Gasteiger partial charge in [0.25, 0.3) is 5.91 Å². The first-order chi connectivity index (χ1) is 11.9. The maximum Gasteiger partial charge on any atom is 0.257 e. The van der Waals surface area contributed by atoms with Crippen molar-refractivity contribution < 1.29 is 17.9 Å². The van der Waals surface area contributed by atoms with Crippen molar-refractivity contribution in [3.8, 4) is 5.75 Å². The van der Waals surface area contributed by atoms with Gasteiger partial charge in [-0.15, -0.1) is 0 Å². The molecular weight excluding hydrogens is 364 g/mol. The van der Waals surface area contributed by atoms with Crippen molar-refractivity contribution >= 4 is 38.9 Å². The highest BCUT2D eigenvalue weighted by atomic mass is 35.5. The number of sulfonamides is 1. The zero-order valence-electron chi connectivity index (χ0n) is 13.5. The topological polar surface area (TPSA) is 75.7 Å². The summed E-state index contributed by atoms with van der Waals surface area (Å²) in [5.41, 5.74) is 1.20. The fourth-order valence-electron chi connectivity index (χ4n) is 2.71. The van der Waals surface area contributed by atoms with Crippen molar-refractivity contribution in [3.05, 3.63) is 53.1 Å². The Morgan fingerprint density at radius 3 is 2.64 bits per heavy atom. The lowest BCUT2D eigenvalue weighted by molar-refractivity contribution is 0.102. The zero-order valence-corrected chi connectivity index (χ0v) is 15.1.